The lowest BCUT2D eigenvalue weighted by Gasteiger charge is -2.28. The number of ether oxygens (including phenoxy) is 2. The molecule has 4 nitrogen and oxygen atoms in total. The van der Waals surface area contributed by atoms with Gasteiger partial charge in [0, 0.05) is 5.02 Å². The second kappa shape index (κ2) is 7.29. The molecule has 0 heterocycles. The summed E-state index contributed by atoms with van der Waals surface area (Å²) >= 11 is 5.85. The fourth-order valence-electron chi connectivity index (χ4n) is 2.05. The van der Waals surface area contributed by atoms with Crippen LogP contribution in [0.2, 0.25) is 5.02 Å². The Kier molecular flexibility index (Phi) is 6.02. The van der Waals surface area contributed by atoms with E-state index in [9.17, 15) is 9.59 Å². The molecule has 1 rings (SSSR count). The highest BCUT2D eigenvalue weighted by molar-refractivity contribution is 6.30. The van der Waals surface area contributed by atoms with Crippen LogP contribution in [0.25, 0.3) is 0 Å². The van der Waals surface area contributed by atoms with Gasteiger partial charge in [0.15, 0.2) is 5.41 Å². The Labute approximate surface area is 124 Å². The highest BCUT2D eigenvalue weighted by Gasteiger charge is 2.49. The summed E-state index contributed by atoms with van der Waals surface area (Å²) in [5, 5.41) is 0.534. The van der Waals surface area contributed by atoms with Crippen molar-refractivity contribution in [3.05, 3.63) is 34.9 Å². The number of rotatable bonds is 6. The van der Waals surface area contributed by atoms with Crippen LogP contribution >= 0.6 is 11.6 Å². The second-order valence-corrected chi connectivity index (χ2v) is 4.64. The Morgan fingerprint density at radius 2 is 1.45 bits per heavy atom. The van der Waals surface area contributed by atoms with E-state index in [1.807, 2.05) is 0 Å². The molecular weight excluding hydrogens is 280 g/mol. The fourth-order valence-corrected chi connectivity index (χ4v) is 2.18. The van der Waals surface area contributed by atoms with E-state index in [0.29, 0.717) is 10.6 Å². The predicted molar refractivity (Wildman–Crippen MR) is 76.7 cm³/mol. The summed E-state index contributed by atoms with van der Waals surface area (Å²) in [4.78, 5) is 24.7. The van der Waals surface area contributed by atoms with Crippen LogP contribution in [0.1, 0.15) is 32.8 Å². The zero-order chi connectivity index (χ0) is 15.2. The van der Waals surface area contributed by atoms with Gasteiger partial charge in [-0.15, -0.1) is 0 Å². The van der Waals surface area contributed by atoms with Crippen molar-refractivity contribution in [1.82, 2.24) is 0 Å². The zero-order valence-electron chi connectivity index (χ0n) is 11.9. The predicted octanol–water partition coefficient (Wildman–Crippen LogP) is 3.11. The van der Waals surface area contributed by atoms with Crippen molar-refractivity contribution in [3.63, 3.8) is 0 Å². The highest BCUT2D eigenvalue weighted by atomic mass is 35.5. The summed E-state index contributed by atoms with van der Waals surface area (Å²) in [7, 11) is 0. The molecule has 0 spiro atoms. The third kappa shape index (κ3) is 3.12. The third-order valence-corrected chi connectivity index (χ3v) is 3.37. The van der Waals surface area contributed by atoms with E-state index < -0.39 is 17.4 Å². The first kappa shape index (κ1) is 16.5. The minimum Gasteiger partial charge on any atom is -0.465 e. The molecule has 0 bridgehead atoms. The molecule has 0 atom stereocenters. The summed E-state index contributed by atoms with van der Waals surface area (Å²) in [6.45, 7) is 5.56. The minimum absolute atomic E-state index is 0.202. The average Bonchev–Trinajstić information content (AvgIpc) is 2.43. The molecule has 1 aromatic rings. The number of halogens is 1. The van der Waals surface area contributed by atoms with E-state index in [1.165, 1.54) is 0 Å². The van der Waals surface area contributed by atoms with Gasteiger partial charge in [0.05, 0.1) is 13.2 Å². The van der Waals surface area contributed by atoms with Gasteiger partial charge < -0.3 is 9.47 Å². The largest absolute Gasteiger partial charge is 0.465 e. The molecule has 0 unspecified atom stereocenters. The number of esters is 2. The quantitative estimate of drug-likeness (QED) is 0.598. The van der Waals surface area contributed by atoms with Gasteiger partial charge in [0.1, 0.15) is 0 Å². The molecule has 1 aromatic carbocycles. The van der Waals surface area contributed by atoms with Gasteiger partial charge >= 0.3 is 11.9 Å². The van der Waals surface area contributed by atoms with Crippen LogP contribution in [0, 0.1) is 0 Å². The number of hydrogen-bond acceptors (Lipinski definition) is 4. The molecule has 0 fully saturated rings. The fraction of sp³-hybridized carbons (Fsp3) is 0.467. The molecule has 5 heteroatoms. The molecule has 0 aliphatic carbocycles. The second-order valence-electron chi connectivity index (χ2n) is 4.21. The summed E-state index contributed by atoms with van der Waals surface area (Å²) in [5.74, 6) is -1.19. The molecule has 0 amide bonds. The normalized spacial score (nSPS) is 11.0. The molecule has 0 aromatic heterocycles. The lowest BCUT2D eigenvalue weighted by molar-refractivity contribution is -0.165. The standard InChI is InChI=1S/C15H19ClO4/c1-4-15(13(17)19-5-2,14(18)20-6-3)11-7-9-12(16)10-8-11/h7-10H,4-6H2,1-3H3. The van der Waals surface area contributed by atoms with E-state index in [0.717, 1.165) is 0 Å². The first-order valence-corrected chi connectivity index (χ1v) is 7.01. The maximum absolute atomic E-state index is 12.3. The van der Waals surface area contributed by atoms with Gasteiger partial charge in [-0.05, 0) is 38.0 Å². The summed E-state index contributed by atoms with van der Waals surface area (Å²) in [5.41, 5.74) is -0.905. The Bertz CT molecular complexity index is 449. The van der Waals surface area contributed by atoms with Crippen LogP contribution in [0.5, 0.6) is 0 Å². The first-order valence-electron chi connectivity index (χ1n) is 6.63. The van der Waals surface area contributed by atoms with Gasteiger partial charge in [-0.2, -0.15) is 0 Å². The van der Waals surface area contributed by atoms with Crippen molar-refractivity contribution in [2.24, 2.45) is 0 Å². The SMILES string of the molecule is CCOC(=O)C(CC)(C(=O)OCC)c1ccc(Cl)cc1. The zero-order valence-corrected chi connectivity index (χ0v) is 12.7. The van der Waals surface area contributed by atoms with Crippen molar-refractivity contribution < 1.29 is 19.1 Å². The monoisotopic (exact) mass is 298 g/mol. The number of carbonyl (C=O) groups is 2. The Hall–Kier alpha value is -1.55. The van der Waals surface area contributed by atoms with Crippen LogP contribution in [0.15, 0.2) is 24.3 Å². The number of hydrogen-bond donors (Lipinski definition) is 0. The van der Waals surface area contributed by atoms with Gasteiger partial charge in [-0.25, -0.2) is 0 Å². The van der Waals surface area contributed by atoms with Crippen molar-refractivity contribution in [3.8, 4) is 0 Å². The van der Waals surface area contributed by atoms with Gasteiger partial charge in [0.25, 0.3) is 0 Å². The maximum atomic E-state index is 12.3. The topological polar surface area (TPSA) is 52.6 Å². The number of benzene rings is 1. The third-order valence-electron chi connectivity index (χ3n) is 3.12. The van der Waals surface area contributed by atoms with Crippen molar-refractivity contribution in [1.29, 1.82) is 0 Å². The molecular formula is C15H19ClO4. The molecule has 0 saturated heterocycles. The highest BCUT2D eigenvalue weighted by Crippen LogP contribution is 2.32. The van der Waals surface area contributed by atoms with Crippen LogP contribution in [-0.4, -0.2) is 25.2 Å². The molecule has 0 saturated carbocycles. The molecule has 0 aliphatic rings. The van der Waals surface area contributed by atoms with E-state index in [4.69, 9.17) is 21.1 Å². The van der Waals surface area contributed by atoms with E-state index in [1.54, 1.807) is 45.0 Å². The summed E-state index contributed by atoms with van der Waals surface area (Å²) in [6.07, 6.45) is 0.256. The van der Waals surface area contributed by atoms with Crippen molar-refractivity contribution in [2.45, 2.75) is 32.6 Å². The summed E-state index contributed by atoms with van der Waals surface area (Å²) < 4.78 is 10.2. The summed E-state index contributed by atoms with van der Waals surface area (Å²) in [6, 6.07) is 6.58. The van der Waals surface area contributed by atoms with E-state index in [2.05, 4.69) is 0 Å². The number of carbonyl (C=O) groups excluding carboxylic acids is 2. The van der Waals surface area contributed by atoms with E-state index in [-0.39, 0.29) is 19.6 Å². The van der Waals surface area contributed by atoms with E-state index >= 15 is 0 Å². The smallest absolute Gasteiger partial charge is 0.328 e. The lowest BCUT2D eigenvalue weighted by atomic mass is 9.78. The van der Waals surface area contributed by atoms with Gasteiger partial charge in [-0.3, -0.25) is 9.59 Å². The van der Waals surface area contributed by atoms with Crippen LogP contribution in [0.3, 0.4) is 0 Å². The average molecular weight is 299 g/mol. The molecule has 110 valence electrons. The Balaban J connectivity index is 3.33. The maximum Gasteiger partial charge on any atom is 0.328 e. The Morgan fingerprint density at radius 3 is 1.80 bits per heavy atom. The van der Waals surface area contributed by atoms with Crippen molar-refractivity contribution in [2.75, 3.05) is 13.2 Å². The van der Waals surface area contributed by atoms with Gasteiger partial charge in [-0.1, -0.05) is 30.7 Å². The lowest BCUT2D eigenvalue weighted by Crippen LogP contribution is -2.45. The van der Waals surface area contributed by atoms with Crippen LogP contribution < -0.4 is 0 Å². The molecule has 0 N–H and O–H groups in total. The van der Waals surface area contributed by atoms with Gasteiger partial charge in [0.2, 0.25) is 0 Å². The van der Waals surface area contributed by atoms with Crippen LogP contribution in [0.4, 0.5) is 0 Å². The molecule has 20 heavy (non-hydrogen) atoms. The van der Waals surface area contributed by atoms with Crippen molar-refractivity contribution >= 4 is 23.5 Å². The molecule has 0 radical (unpaired) electrons. The first-order chi connectivity index (χ1) is 9.52. The van der Waals surface area contributed by atoms with Crippen LogP contribution in [-0.2, 0) is 24.5 Å². The Morgan fingerprint density at radius 1 is 1.00 bits per heavy atom. The minimum atomic E-state index is -1.43. The molecule has 0 aliphatic heterocycles.